The molecule has 0 bridgehead atoms. The highest BCUT2D eigenvalue weighted by Crippen LogP contribution is 2.29. The molecule has 0 aliphatic carbocycles. The van der Waals surface area contributed by atoms with Crippen molar-refractivity contribution in [2.75, 3.05) is 0 Å². The van der Waals surface area contributed by atoms with Crippen molar-refractivity contribution < 1.29 is 4.79 Å². The molecular weight excluding hydrogens is 408 g/mol. The lowest BCUT2D eigenvalue weighted by molar-refractivity contribution is -0.118. The Morgan fingerprint density at radius 1 is 1.06 bits per heavy atom. The number of amides is 1. The second-order valence-electron chi connectivity index (χ2n) is 7.71. The number of aromatic nitrogens is 5. The summed E-state index contributed by atoms with van der Waals surface area (Å²) >= 11 is 0. The summed E-state index contributed by atoms with van der Waals surface area (Å²) in [5, 5.41) is 0. The maximum atomic E-state index is 13.2. The summed E-state index contributed by atoms with van der Waals surface area (Å²) in [6.45, 7) is 1.50. The van der Waals surface area contributed by atoms with Crippen molar-refractivity contribution in [3.63, 3.8) is 0 Å². The molecule has 0 spiro atoms. The van der Waals surface area contributed by atoms with Crippen LogP contribution >= 0.6 is 0 Å². The van der Waals surface area contributed by atoms with Gasteiger partial charge in [-0.1, -0.05) is 42.5 Å². The zero-order chi connectivity index (χ0) is 22.6. The maximum Gasteiger partial charge on any atom is 0.332 e. The molecule has 0 fully saturated rings. The van der Waals surface area contributed by atoms with Crippen molar-refractivity contribution in [3.05, 3.63) is 87.2 Å². The van der Waals surface area contributed by atoms with Gasteiger partial charge in [0, 0.05) is 24.5 Å². The monoisotopic (exact) mass is 428 g/mol. The van der Waals surface area contributed by atoms with Crippen LogP contribution in [0.25, 0.3) is 33.9 Å². The van der Waals surface area contributed by atoms with E-state index in [4.69, 9.17) is 5.73 Å². The molecule has 0 aliphatic heterocycles. The lowest BCUT2D eigenvalue weighted by Crippen LogP contribution is -2.42. The Labute approximate surface area is 181 Å². The van der Waals surface area contributed by atoms with Crippen LogP contribution in [-0.2, 0) is 18.4 Å². The van der Waals surface area contributed by atoms with Crippen LogP contribution in [0.5, 0.6) is 0 Å². The van der Waals surface area contributed by atoms with E-state index in [1.54, 1.807) is 4.40 Å². The number of carbonyl (C=O) groups is 1. The molecule has 0 aliphatic rings. The van der Waals surface area contributed by atoms with E-state index < -0.39 is 23.7 Å². The van der Waals surface area contributed by atoms with Crippen molar-refractivity contribution in [2.45, 2.75) is 13.5 Å². The fourth-order valence-corrected chi connectivity index (χ4v) is 4.03. The Kier molecular flexibility index (Phi) is 4.33. The summed E-state index contributed by atoms with van der Waals surface area (Å²) in [5.41, 5.74) is 8.15. The molecule has 3 heterocycles. The molecule has 0 unspecified atom stereocenters. The highest BCUT2D eigenvalue weighted by atomic mass is 16.2. The van der Waals surface area contributed by atoms with Crippen LogP contribution in [0.1, 0.15) is 5.56 Å². The number of nitrogens with zero attached hydrogens (tertiary/aromatic N) is 5. The van der Waals surface area contributed by atoms with E-state index in [2.05, 4.69) is 4.98 Å². The van der Waals surface area contributed by atoms with Gasteiger partial charge in [-0.2, -0.15) is 4.98 Å². The molecule has 5 aromatic rings. The van der Waals surface area contributed by atoms with Crippen molar-refractivity contribution in [1.29, 1.82) is 0 Å². The first-order chi connectivity index (χ1) is 15.4. The van der Waals surface area contributed by atoms with E-state index in [9.17, 15) is 14.4 Å². The zero-order valence-corrected chi connectivity index (χ0v) is 17.5. The number of benzene rings is 2. The Morgan fingerprint density at radius 3 is 2.50 bits per heavy atom. The summed E-state index contributed by atoms with van der Waals surface area (Å²) in [5.74, 6) is -0.292. The third-order valence-corrected chi connectivity index (χ3v) is 5.49. The summed E-state index contributed by atoms with van der Waals surface area (Å²) < 4.78 is 5.71. The lowest BCUT2D eigenvalue weighted by Gasteiger charge is -2.10. The molecule has 5 rings (SSSR count). The highest BCUT2D eigenvalue weighted by Gasteiger charge is 2.22. The SMILES string of the molecule is Cc1cccc(-n2c(-c3ccccc3)cn3c4c(=O)n(CC(N)=O)c(=O)n(C)c4nc23)c1. The highest BCUT2D eigenvalue weighted by molar-refractivity contribution is 5.80. The number of rotatable bonds is 4. The average Bonchev–Trinajstić information content (AvgIpc) is 3.32. The smallest absolute Gasteiger partial charge is 0.332 e. The molecule has 0 saturated heterocycles. The number of hydrogen-bond donors (Lipinski definition) is 1. The van der Waals surface area contributed by atoms with Gasteiger partial charge in [-0.25, -0.2) is 9.36 Å². The fourth-order valence-electron chi connectivity index (χ4n) is 4.03. The Bertz CT molecular complexity index is 1640. The summed E-state index contributed by atoms with van der Waals surface area (Å²) in [6.07, 6.45) is 1.82. The van der Waals surface area contributed by atoms with Crippen LogP contribution in [0.4, 0.5) is 0 Å². The number of carbonyl (C=O) groups excluding carboxylic acids is 1. The molecule has 9 heteroatoms. The number of hydrogen-bond acceptors (Lipinski definition) is 4. The van der Waals surface area contributed by atoms with E-state index in [0.717, 1.165) is 27.1 Å². The van der Waals surface area contributed by atoms with Crippen LogP contribution in [0.3, 0.4) is 0 Å². The minimum atomic E-state index is -0.772. The van der Waals surface area contributed by atoms with Gasteiger partial charge in [-0.15, -0.1) is 0 Å². The molecule has 0 saturated carbocycles. The molecule has 2 aromatic carbocycles. The quantitative estimate of drug-likeness (QED) is 0.469. The van der Waals surface area contributed by atoms with E-state index in [-0.39, 0.29) is 11.2 Å². The first-order valence-corrected chi connectivity index (χ1v) is 10.0. The lowest BCUT2D eigenvalue weighted by atomic mass is 10.1. The van der Waals surface area contributed by atoms with Gasteiger partial charge in [0.15, 0.2) is 11.2 Å². The molecule has 0 radical (unpaired) electrons. The minimum absolute atomic E-state index is 0.201. The van der Waals surface area contributed by atoms with E-state index >= 15 is 0 Å². The summed E-state index contributed by atoms with van der Waals surface area (Å²) in [6, 6.07) is 17.7. The number of imidazole rings is 2. The molecule has 3 aromatic heterocycles. The first kappa shape index (κ1) is 19.6. The van der Waals surface area contributed by atoms with E-state index in [1.807, 2.05) is 72.3 Å². The molecule has 9 nitrogen and oxygen atoms in total. The third-order valence-electron chi connectivity index (χ3n) is 5.49. The summed E-state index contributed by atoms with van der Waals surface area (Å²) in [4.78, 5) is 42.1. The van der Waals surface area contributed by atoms with Gasteiger partial charge in [0.1, 0.15) is 6.54 Å². The molecule has 2 N–H and O–H groups in total. The van der Waals surface area contributed by atoms with Crippen molar-refractivity contribution >= 4 is 22.8 Å². The van der Waals surface area contributed by atoms with Crippen molar-refractivity contribution in [1.82, 2.24) is 23.1 Å². The first-order valence-electron chi connectivity index (χ1n) is 10.0. The number of primary amides is 1. The van der Waals surface area contributed by atoms with Crippen LogP contribution in [0.2, 0.25) is 0 Å². The van der Waals surface area contributed by atoms with Gasteiger partial charge < -0.3 is 5.73 Å². The second-order valence-corrected chi connectivity index (χ2v) is 7.71. The van der Waals surface area contributed by atoms with Crippen LogP contribution in [0, 0.1) is 6.92 Å². The second kappa shape index (κ2) is 7.09. The summed E-state index contributed by atoms with van der Waals surface area (Å²) in [7, 11) is 1.52. The molecule has 160 valence electrons. The average molecular weight is 428 g/mol. The number of aryl methyl sites for hydroxylation is 2. The number of nitrogens with two attached hydrogens (primary N) is 1. The van der Waals surface area contributed by atoms with Crippen molar-refractivity contribution in [3.8, 4) is 16.9 Å². The Hall–Kier alpha value is -4.40. The largest absolute Gasteiger partial charge is 0.368 e. The van der Waals surface area contributed by atoms with Gasteiger partial charge in [0.2, 0.25) is 11.7 Å². The van der Waals surface area contributed by atoms with Gasteiger partial charge in [-0.05, 0) is 24.6 Å². The van der Waals surface area contributed by atoms with Crippen LogP contribution in [-0.4, -0.2) is 29.0 Å². The number of fused-ring (bicyclic) bond motifs is 3. The predicted octanol–water partition coefficient (Wildman–Crippen LogP) is 1.60. The Balaban J connectivity index is 1.95. The van der Waals surface area contributed by atoms with Gasteiger partial charge in [0.05, 0.1) is 5.69 Å². The van der Waals surface area contributed by atoms with Gasteiger partial charge in [-0.3, -0.25) is 23.1 Å². The molecular formula is C23H20N6O3. The maximum absolute atomic E-state index is 13.2. The Morgan fingerprint density at radius 2 is 1.81 bits per heavy atom. The normalized spacial score (nSPS) is 11.4. The molecule has 32 heavy (non-hydrogen) atoms. The zero-order valence-electron chi connectivity index (χ0n) is 17.5. The molecule has 0 atom stereocenters. The van der Waals surface area contributed by atoms with Crippen LogP contribution in [0.15, 0.2) is 70.4 Å². The van der Waals surface area contributed by atoms with Crippen LogP contribution < -0.4 is 17.0 Å². The van der Waals surface area contributed by atoms with Crippen molar-refractivity contribution in [2.24, 2.45) is 12.8 Å². The van der Waals surface area contributed by atoms with Gasteiger partial charge in [0.25, 0.3) is 5.56 Å². The third kappa shape index (κ3) is 2.86. The van der Waals surface area contributed by atoms with E-state index in [0.29, 0.717) is 5.78 Å². The minimum Gasteiger partial charge on any atom is -0.368 e. The fraction of sp³-hybridized carbons (Fsp3) is 0.130. The predicted molar refractivity (Wildman–Crippen MR) is 121 cm³/mol. The van der Waals surface area contributed by atoms with Gasteiger partial charge >= 0.3 is 5.69 Å². The molecule has 1 amide bonds. The topological polar surface area (TPSA) is 109 Å². The van der Waals surface area contributed by atoms with E-state index in [1.165, 1.54) is 11.6 Å². The standard InChI is InChI=1S/C23H20N6O3/c1-14-7-6-10-16(11-14)29-17(15-8-4-3-5-9-15)12-27-19-20(25-22(27)29)26(2)23(32)28(21(19)31)13-18(24)30/h3-12H,13H2,1-2H3,(H2,24,30).